The zero-order valence-corrected chi connectivity index (χ0v) is 8.76. The van der Waals surface area contributed by atoms with Crippen LogP contribution in [-0.2, 0) is 6.54 Å². The summed E-state index contributed by atoms with van der Waals surface area (Å²) in [5.41, 5.74) is 0.790. The second kappa shape index (κ2) is 3.94. The van der Waals surface area contributed by atoms with Gasteiger partial charge in [-0.25, -0.2) is 0 Å². The molecule has 2 aromatic heterocycles. The molecule has 2 rings (SSSR count). The molecule has 0 spiro atoms. The first-order chi connectivity index (χ1) is 6.75. The van der Waals surface area contributed by atoms with E-state index >= 15 is 0 Å². The Morgan fingerprint density at radius 3 is 3.07 bits per heavy atom. The molecule has 0 saturated heterocycles. The van der Waals surface area contributed by atoms with Crippen molar-refractivity contribution in [2.45, 2.75) is 6.54 Å². The van der Waals surface area contributed by atoms with E-state index in [0.717, 1.165) is 5.69 Å². The minimum Gasteiger partial charge on any atom is -0.300 e. The molecule has 0 aliphatic heterocycles. The standard InChI is InChI=1S/C9H7ClN2OS/c10-7-1-2-11-8(5-7)6-12-3-4-14-9(12)13/h1-5H,6H2. The molecule has 0 aliphatic carbocycles. The normalized spacial score (nSPS) is 10.4. The summed E-state index contributed by atoms with van der Waals surface area (Å²) in [6, 6.07) is 3.47. The third kappa shape index (κ3) is 2.02. The Morgan fingerprint density at radius 1 is 1.57 bits per heavy atom. The molecule has 0 amide bonds. The molecule has 14 heavy (non-hydrogen) atoms. The van der Waals surface area contributed by atoms with Crippen molar-refractivity contribution in [1.82, 2.24) is 9.55 Å². The third-order valence-corrected chi connectivity index (χ3v) is 2.68. The maximum Gasteiger partial charge on any atom is 0.307 e. The second-order valence-corrected chi connectivity index (χ2v) is 4.06. The van der Waals surface area contributed by atoms with Crippen LogP contribution in [0.4, 0.5) is 0 Å². The van der Waals surface area contributed by atoms with Crippen molar-refractivity contribution in [2.24, 2.45) is 0 Å². The first-order valence-corrected chi connectivity index (χ1v) is 5.26. The topological polar surface area (TPSA) is 34.9 Å². The van der Waals surface area contributed by atoms with E-state index in [4.69, 9.17) is 11.6 Å². The van der Waals surface area contributed by atoms with Gasteiger partial charge in [0.15, 0.2) is 0 Å². The second-order valence-electron chi connectivity index (χ2n) is 2.76. The van der Waals surface area contributed by atoms with E-state index in [1.807, 2.05) is 0 Å². The zero-order valence-electron chi connectivity index (χ0n) is 7.18. The van der Waals surface area contributed by atoms with Crippen molar-refractivity contribution in [1.29, 1.82) is 0 Å². The number of hydrogen-bond donors (Lipinski definition) is 0. The van der Waals surface area contributed by atoms with Gasteiger partial charge in [-0.2, -0.15) is 0 Å². The molecule has 0 unspecified atom stereocenters. The molecular weight excluding hydrogens is 220 g/mol. The fourth-order valence-electron chi connectivity index (χ4n) is 1.12. The summed E-state index contributed by atoms with van der Waals surface area (Å²) in [4.78, 5) is 15.4. The molecule has 0 aromatic carbocycles. The van der Waals surface area contributed by atoms with Crippen LogP contribution < -0.4 is 4.87 Å². The van der Waals surface area contributed by atoms with Crippen molar-refractivity contribution >= 4 is 22.9 Å². The molecule has 0 atom stereocenters. The lowest BCUT2D eigenvalue weighted by Crippen LogP contribution is -2.13. The lowest BCUT2D eigenvalue weighted by Gasteiger charge is -2.00. The largest absolute Gasteiger partial charge is 0.307 e. The first kappa shape index (κ1) is 9.43. The molecule has 0 fully saturated rings. The van der Waals surface area contributed by atoms with Crippen LogP contribution >= 0.6 is 22.9 Å². The van der Waals surface area contributed by atoms with Crippen molar-refractivity contribution in [3.05, 3.63) is 50.3 Å². The molecule has 72 valence electrons. The fourth-order valence-corrected chi connectivity index (χ4v) is 1.88. The zero-order chi connectivity index (χ0) is 9.97. The Labute approximate surface area is 89.6 Å². The van der Waals surface area contributed by atoms with Gasteiger partial charge in [0.05, 0.1) is 12.2 Å². The van der Waals surface area contributed by atoms with E-state index in [2.05, 4.69) is 4.98 Å². The number of nitrogens with zero attached hydrogens (tertiary/aromatic N) is 2. The van der Waals surface area contributed by atoms with E-state index in [9.17, 15) is 4.79 Å². The lowest BCUT2D eigenvalue weighted by atomic mass is 10.3. The molecule has 0 N–H and O–H groups in total. The van der Waals surface area contributed by atoms with Gasteiger partial charge in [0.25, 0.3) is 0 Å². The molecule has 2 aromatic rings. The smallest absolute Gasteiger partial charge is 0.300 e. The predicted molar refractivity (Wildman–Crippen MR) is 56.9 cm³/mol. The molecule has 2 heterocycles. The number of rotatable bonds is 2. The van der Waals surface area contributed by atoms with Crippen LogP contribution in [0.15, 0.2) is 34.7 Å². The van der Waals surface area contributed by atoms with E-state index in [-0.39, 0.29) is 4.87 Å². The molecule has 0 bridgehead atoms. The maximum atomic E-state index is 11.2. The number of thiazole rings is 1. The molecule has 5 heteroatoms. The van der Waals surface area contributed by atoms with Crippen LogP contribution in [0.25, 0.3) is 0 Å². The highest BCUT2D eigenvalue weighted by atomic mass is 35.5. The van der Waals surface area contributed by atoms with Crippen molar-refractivity contribution < 1.29 is 0 Å². The number of hydrogen-bond acceptors (Lipinski definition) is 3. The summed E-state index contributed by atoms with van der Waals surface area (Å²) in [5.74, 6) is 0. The Balaban J connectivity index is 2.27. The van der Waals surface area contributed by atoms with Gasteiger partial charge in [0.1, 0.15) is 0 Å². The van der Waals surface area contributed by atoms with Gasteiger partial charge in [-0.3, -0.25) is 14.3 Å². The average Bonchev–Trinajstić information content (AvgIpc) is 2.52. The van der Waals surface area contributed by atoms with E-state index in [1.165, 1.54) is 11.3 Å². The van der Waals surface area contributed by atoms with Crippen LogP contribution in [0.5, 0.6) is 0 Å². The van der Waals surface area contributed by atoms with Crippen LogP contribution in [0, 0.1) is 0 Å². The molecular formula is C9H7ClN2OS. The van der Waals surface area contributed by atoms with Crippen molar-refractivity contribution in [3.8, 4) is 0 Å². The first-order valence-electron chi connectivity index (χ1n) is 4.00. The van der Waals surface area contributed by atoms with E-state index in [0.29, 0.717) is 11.6 Å². The Hall–Kier alpha value is -1.13. The minimum absolute atomic E-state index is 0.0202. The Bertz CT molecular complexity index is 491. The van der Waals surface area contributed by atoms with Crippen LogP contribution in [-0.4, -0.2) is 9.55 Å². The summed E-state index contributed by atoms with van der Waals surface area (Å²) >= 11 is 6.97. The molecule has 3 nitrogen and oxygen atoms in total. The lowest BCUT2D eigenvalue weighted by molar-refractivity contribution is 0.761. The van der Waals surface area contributed by atoms with Crippen LogP contribution in [0.3, 0.4) is 0 Å². The summed E-state index contributed by atoms with van der Waals surface area (Å²) in [7, 11) is 0. The van der Waals surface area contributed by atoms with E-state index < -0.39 is 0 Å². The predicted octanol–water partition coefficient (Wildman–Crippen LogP) is 2.01. The van der Waals surface area contributed by atoms with Gasteiger partial charge in [0.2, 0.25) is 0 Å². The minimum atomic E-state index is 0.0202. The SMILES string of the molecule is O=c1sccn1Cc1cc(Cl)ccn1. The van der Waals surface area contributed by atoms with Crippen LogP contribution in [0.1, 0.15) is 5.69 Å². The highest BCUT2D eigenvalue weighted by molar-refractivity contribution is 7.07. The van der Waals surface area contributed by atoms with Gasteiger partial charge in [-0.05, 0) is 12.1 Å². The highest BCUT2D eigenvalue weighted by Gasteiger charge is 1.99. The fraction of sp³-hybridized carbons (Fsp3) is 0.111. The maximum absolute atomic E-state index is 11.2. The number of aromatic nitrogens is 2. The van der Waals surface area contributed by atoms with Gasteiger partial charge in [0, 0.05) is 22.8 Å². The number of pyridine rings is 1. The highest BCUT2D eigenvalue weighted by Crippen LogP contribution is 2.08. The average molecular weight is 227 g/mol. The quantitative estimate of drug-likeness (QED) is 0.785. The Morgan fingerprint density at radius 2 is 2.43 bits per heavy atom. The third-order valence-electron chi connectivity index (χ3n) is 1.76. The van der Waals surface area contributed by atoms with Crippen LogP contribution in [0.2, 0.25) is 5.02 Å². The summed E-state index contributed by atoms with van der Waals surface area (Å²) in [6.45, 7) is 0.475. The van der Waals surface area contributed by atoms with Gasteiger partial charge >= 0.3 is 4.87 Å². The molecule has 0 aliphatic rings. The monoisotopic (exact) mass is 226 g/mol. The van der Waals surface area contributed by atoms with Crippen molar-refractivity contribution in [3.63, 3.8) is 0 Å². The number of halogens is 1. The van der Waals surface area contributed by atoms with Gasteiger partial charge < -0.3 is 0 Å². The summed E-state index contributed by atoms with van der Waals surface area (Å²) in [6.07, 6.45) is 3.38. The van der Waals surface area contributed by atoms with Crippen molar-refractivity contribution in [2.75, 3.05) is 0 Å². The Kier molecular flexibility index (Phi) is 2.65. The van der Waals surface area contributed by atoms with Gasteiger partial charge in [-0.1, -0.05) is 22.9 Å². The molecule has 0 saturated carbocycles. The summed E-state index contributed by atoms with van der Waals surface area (Å²) < 4.78 is 1.60. The van der Waals surface area contributed by atoms with Gasteiger partial charge in [-0.15, -0.1) is 0 Å². The van der Waals surface area contributed by atoms with E-state index in [1.54, 1.807) is 34.5 Å². The summed E-state index contributed by atoms with van der Waals surface area (Å²) in [5, 5.41) is 2.39. The molecule has 0 radical (unpaired) electrons.